The van der Waals surface area contributed by atoms with Gasteiger partial charge in [-0.15, -0.1) is 0 Å². The summed E-state index contributed by atoms with van der Waals surface area (Å²) >= 11 is 17.8. The number of nitriles is 1. The number of ether oxygens (including phenoxy) is 1. The number of fused-ring (bicyclic) bond motifs is 1. The second-order valence-electron chi connectivity index (χ2n) is 5.15. The lowest BCUT2D eigenvalue weighted by atomic mass is 10.1. The van der Waals surface area contributed by atoms with Crippen LogP contribution in [0.1, 0.15) is 11.7 Å². The maximum atomic E-state index is 12.4. The average molecular weight is 395 g/mol. The minimum atomic E-state index is -1.08. The number of hydrogen-bond donors (Lipinski definition) is 1. The van der Waals surface area contributed by atoms with E-state index in [2.05, 4.69) is 9.97 Å². The molecule has 0 aliphatic rings. The number of rotatable bonds is 5. The highest BCUT2D eigenvalue weighted by molar-refractivity contribution is 6.43. The van der Waals surface area contributed by atoms with E-state index in [0.29, 0.717) is 5.52 Å². The zero-order valence-corrected chi connectivity index (χ0v) is 14.9. The molecular weight excluding hydrogens is 385 g/mol. The van der Waals surface area contributed by atoms with Crippen molar-refractivity contribution >= 4 is 51.6 Å². The van der Waals surface area contributed by atoms with Crippen molar-refractivity contribution < 1.29 is 9.53 Å². The molecule has 3 aromatic rings. The fraction of sp³-hybridized carbons (Fsp3) is 0.118. The largest absolute Gasteiger partial charge is 0.484 e. The van der Waals surface area contributed by atoms with Gasteiger partial charge < -0.3 is 9.72 Å². The van der Waals surface area contributed by atoms with Crippen molar-refractivity contribution in [1.29, 1.82) is 5.26 Å². The van der Waals surface area contributed by atoms with Crippen LogP contribution in [0, 0.1) is 11.3 Å². The highest BCUT2D eigenvalue weighted by atomic mass is 35.5. The molecule has 0 aliphatic heterocycles. The van der Waals surface area contributed by atoms with E-state index < -0.39 is 11.7 Å². The molecule has 8 heteroatoms. The quantitative estimate of drug-likeness (QED) is 0.632. The number of carbonyl (C=O) groups excluding carboxylic acids is 1. The number of nitrogens with one attached hydrogen (secondary N) is 1. The van der Waals surface area contributed by atoms with E-state index in [1.54, 1.807) is 6.07 Å². The van der Waals surface area contributed by atoms with Crippen LogP contribution in [0.2, 0.25) is 15.1 Å². The van der Waals surface area contributed by atoms with Crippen molar-refractivity contribution in [2.45, 2.75) is 5.92 Å². The van der Waals surface area contributed by atoms with Crippen molar-refractivity contribution in [3.05, 3.63) is 57.3 Å². The number of carbonyl (C=O) groups is 1. The van der Waals surface area contributed by atoms with Gasteiger partial charge in [-0.1, -0.05) is 46.9 Å². The molecule has 126 valence electrons. The van der Waals surface area contributed by atoms with Crippen molar-refractivity contribution in [2.75, 3.05) is 6.61 Å². The number of halogens is 3. The van der Waals surface area contributed by atoms with Crippen LogP contribution in [0.3, 0.4) is 0 Å². The molecule has 0 aliphatic carbocycles. The number of H-pyrrole nitrogens is 1. The average Bonchev–Trinajstić information content (AvgIpc) is 3.01. The first kappa shape index (κ1) is 17.6. The summed E-state index contributed by atoms with van der Waals surface area (Å²) in [5.41, 5.74) is 1.43. The van der Waals surface area contributed by atoms with Gasteiger partial charge in [0.25, 0.3) is 0 Å². The fourth-order valence-corrected chi connectivity index (χ4v) is 2.83. The molecule has 25 heavy (non-hydrogen) atoms. The molecule has 0 fully saturated rings. The Balaban J connectivity index is 1.77. The summed E-state index contributed by atoms with van der Waals surface area (Å²) < 4.78 is 5.40. The summed E-state index contributed by atoms with van der Waals surface area (Å²) in [6.07, 6.45) is 0. The lowest BCUT2D eigenvalue weighted by Gasteiger charge is -2.10. The van der Waals surface area contributed by atoms with Gasteiger partial charge >= 0.3 is 0 Å². The first-order chi connectivity index (χ1) is 12.0. The Morgan fingerprint density at radius 3 is 2.64 bits per heavy atom. The Bertz CT molecular complexity index is 961. The highest BCUT2D eigenvalue weighted by Crippen LogP contribution is 2.34. The second kappa shape index (κ2) is 7.32. The van der Waals surface area contributed by atoms with Crippen LogP contribution in [0.25, 0.3) is 11.0 Å². The molecule has 2 aromatic carbocycles. The van der Waals surface area contributed by atoms with Crippen molar-refractivity contribution in [3.8, 4) is 11.8 Å². The third-order valence-corrected chi connectivity index (χ3v) is 4.49. The Morgan fingerprint density at radius 1 is 1.20 bits per heavy atom. The molecule has 0 radical (unpaired) electrons. The minimum Gasteiger partial charge on any atom is -0.484 e. The van der Waals surface area contributed by atoms with Gasteiger partial charge in [-0.2, -0.15) is 5.26 Å². The van der Waals surface area contributed by atoms with E-state index in [1.165, 1.54) is 12.1 Å². The van der Waals surface area contributed by atoms with Gasteiger partial charge in [-0.25, -0.2) is 4.98 Å². The molecule has 3 rings (SSSR count). The van der Waals surface area contributed by atoms with Gasteiger partial charge in [0, 0.05) is 6.07 Å². The van der Waals surface area contributed by atoms with Gasteiger partial charge in [-0.05, 0) is 18.2 Å². The van der Waals surface area contributed by atoms with Crippen LogP contribution in [-0.4, -0.2) is 22.4 Å². The van der Waals surface area contributed by atoms with E-state index >= 15 is 0 Å². The van der Waals surface area contributed by atoms with Crippen molar-refractivity contribution in [2.24, 2.45) is 0 Å². The van der Waals surface area contributed by atoms with Crippen LogP contribution in [-0.2, 0) is 4.79 Å². The molecule has 0 amide bonds. The second-order valence-corrected chi connectivity index (χ2v) is 6.37. The fourth-order valence-electron chi connectivity index (χ4n) is 2.24. The molecule has 0 bridgehead atoms. The van der Waals surface area contributed by atoms with Gasteiger partial charge in [0.05, 0.1) is 32.2 Å². The Morgan fingerprint density at radius 2 is 1.92 bits per heavy atom. The number of hydrogen-bond acceptors (Lipinski definition) is 4. The topological polar surface area (TPSA) is 78.8 Å². The number of ketones is 1. The number of para-hydroxylation sites is 2. The summed E-state index contributed by atoms with van der Waals surface area (Å²) in [5, 5.41) is 10.1. The smallest absolute Gasteiger partial charge is 0.194 e. The number of imidazole rings is 1. The number of Topliss-reactive ketones (excluding diaryl/α,β-unsaturated/α-hetero) is 1. The van der Waals surface area contributed by atoms with E-state index in [1.807, 2.05) is 24.3 Å². The van der Waals surface area contributed by atoms with Gasteiger partial charge in [0.1, 0.15) is 18.2 Å². The first-order valence-corrected chi connectivity index (χ1v) is 8.27. The van der Waals surface area contributed by atoms with E-state index in [0.717, 1.165) is 5.52 Å². The Kier molecular flexibility index (Phi) is 5.14. The molecule has 1 unspecified atom stereocenters. The summed E-state index contributed by atoms with van der Waals surface area (Å²) in [6.45, 7) is -0.354. The predicted octanol–water partition coefficient (Wildman–Crippen LogP) is 4.78. The number of benzene rings is 2. The van der Waals surface area contributed by atoms with Gasteiger partial charge in [0.2, 0.25) is 0 Å². The molecule has 5 nitrogen and oxygen atoms in total. The van der Waals surface area contributed by atoms with Crippen LogP contribution >= 0.6 is 34.8 Å². The number of aromatic nitrogens is 2. The maximum absolute atomic E-state index is 12.4. The third-order valence-electron chi connectivity index (χ3n) is 3.48. The lowest BCUT2D eigenvalue weighted by Crippen LogP contribution is -2.20. The minimum absolute atomic E-state index is 0.214. The van der Waals surface area contributed by atoms with Gasteiger partial charge in [0.15, 0.2) is 11.7 Å². The molecule has 1 N–H and O–H groups in total. The maximum Gasteiger partial charge on any atom is 0.194 e. The monoisotopic (exact) mass is 393 g/mol. The van der Waals surface area contributed by atoms with Crippen LogP contribution in [0.15, 0.2) is 36.4 Å². The van der Waals surface area contributed by atoms with Crippen molar-refractivity contribution in [1.82, 2.24) is 9.97 Å². The predicted molar refractivity (Wildman–Crippen MR) is 96.4 cm³/mol. The molecule has 0 saturated heterocycles. The summed E-state index contributed by atoms with van der Waals surface area (Å²) in [5.74, 6) is -1.04. The summed E-state index contributed by atoms with van der Waals surface area (Å²) in [7, 11) is 0. The van der Waals surface area contributed by atoms with E-state index in [-0.39, 0.29) is 33.2 Å². The van der Waals surface area contributed by atoms with Crippen LogP contribution in [0.5, 0.6) is 5.75 Å². The Hall–Kier alpha value is -2.26. The zero-order valence-electron chi connectivity index (χ0n) is 12.6. The number of nitrogens with zero attached hydrogens (tertiary/aromatic N) is 2. The Labute approximate surface area is 158 Å². The number of aromatic amines is 1. The molecular formula is C17H10Cl3N3O2. The summed E-state index contributed by atoms with van der Waals surface area (Å²) in [4.78, 5) is 19.6. The zero-order chi connectivity index (χ0) is 18.0. The first-order valence-electron chi connectivity index (χ1n) is 7.14. The summed E-state index contributed by atoms with van der Waals surface area (Å²) in [6, 6.07) is 12.1. The van der Waals surface area contributed by atoms with Crippen molar-refractivity contribution in [3.63, 3.8) is 0 Å². The molecule has 1 heterocycles. The molecule has 0 spiro atoms. The normalized spacial score (nSPS) is 11.9. The lowest BCUT2D eigenvalue weighted by molar-refractivity contribution is -0.121. The van der Waals surface area contributed by atoms with Gasteiger partial charge in [-0.3, -0.25) is 4.79 Å². The molecule has 1 aromatic heterocycles. The van der Waals surface area contributed by atoms with E-state index in [4.69, 9.17) is 39.5 Å². The molecule has 0 saturated carbocycles. The van der Waals surface area contributed by atoms with Crippen LogP contribution < -0.4 is 4.74 Å². The SMILES string of the molecule is N#CC(C(=O)COc1cc(Cl)c(Cl)cc1Cl)c1nc2ccccc2[nH]1. The van der Waals surface area contributed by atoms with E-state index in [9.17, 15) is 10.1 Å². The molecule has 1 atom stereocenters. The third kappa shape index (κ3) is 3.72. The highest BCUT2D eigenvalue weighted by Gasteiger charge is 2.24. The standard InChI is InChI=1S/C17H10Cl3N3O2/c18-10-5-12(20)16(6-11(10)19)25-8-15(24)9(7-21)17-22-13-3-1-2-4-14(13)23-17/h1-6,9H,8H2,(H,22,23). The van der Waals surface area contributed by atoms with Crippen LogP contribution in [0.4, 0.5) is 0 Å².